The highest BCUT2D eigenvalue weighted by Gasteiger charge is 2.29. The Bertz CT molecular complexity index is 4100. The number of benzene rings is 9. The van der Waals surface area contributed by atoms with Gasteiger partial charge in [-0.2, -0.15) is 0 Å². The Morgan fingerprint density at radius 1 is 0.389 bits per heavy atom. The highest BCUT2D eigenvalue weighted by atomic mass is 16.3. The van der Waals surface area contributed by atoms with Gasteiger partial charge in [0.2, 0.25) is 0 Å². The number of hydrogen-bond acceptors (Lipinski definition) is 3. The summed E-state index contributed by atoms with van der Waals surface area (Å²) in [6.07, 6.45) is 1.93. The van der Waals surface area contributed by atoms with Crippen molar-refractivity contribution in [2.45, 2.75) is 52.4 Å². The van der Waals surface area contributed by atoms with E-state index in [0.29, 0.717) is 11.4 Å². The Labute approximate surface area is 420 Å². The van der Waals surface area contributed by atoms with E-state index in [0.717, 1.165) is 98.7 Å². The lowest BCUT2D eigenvalue weighted by Gasteiger charge is -2.27. The van der Waals surface area contributed by atoms with Gasteiger partial charge < -0.3 is 5.11 Å². The number of aromatic nitrogens is 3. The lowest BCUT2D eigenvalue weighted by molar-refractivity contribution is 0.446. The van der Waals surface area contributed by atoms with Crippen molar-refractivity contribution in [3.8, 4) is 45.1 Å². The number of hydrogen-bond donors (Lipinski definition) is 1. The van der Waals surface area contributed by atoms with Crippen molar-refractivity contribution in [3.05, 3.63) is 230 Å². The molecule has 0 unspecified atom stereocenters. The zero-order chi connectivity index (χ0) is 49.3. The number of pyridine rings is 1. The SMILES string of the molecule is CC(C)(C)c1cc(-c2nc3c(-c4cc5cc(c4)c4cc(ccn4)c4cccc(c4)c4cccc(c4)c4cccc(c4)c4cccc5c4)cccc3n2-c2ccccc2-c2ccccc2)c(O)c(C(C)(C)C)c1. The quantitative estimate of drug-likeness (QED) is 0.191. The van der Waals surface area contributed by atoms with Gasteiger partial charge in [0.15, 0.2) is 0 Å². The average Bonchev–Trinajstić information content (AvgIpc) is 3.80. The third kappa shape index (κ3) is 8.09. The number of fused-ring (bicyclic) bond motifs is 19. The Hall–Kier alpha value is -8.60. The summed E-state index contributed by atoms with van der Waals surface area (Å²) in [6.45, 7) is 13.2. The number of nitrogens with zero attached hydrogens (tertiary/aromatic N) is 3. The second-order valence-corrected chi connectivity index (χ2v) is 21.3. The Morgan fingerprint density at radius 2 is 0.889 bits per heavy atom. The van der Waals surface area contributed by atoms with Crippen molar-refractivity contribution in [2.75, 3.05) is 0 Å². The smallest absolute Gasteiger partial charge is 0.149 e. The van der Waals surface area contributed by atoms with E-state index in [1.165, 1.54) is 16.2 Å². The molecule has 1 N–H and O–H groups in total. The molecule has 72 heavy (non-hydrogen) atoms. The Balaban J connectivity index is 1.20. The van der Waals surface area contributed by atoms with E-state index in [1.807, 2.05) is 6.20 Å². The van der Waals surface area contributed by atoms with E-state index in [9.17, 15) is 5.11 Å². The summed E-state index contributed by atoms with van der Waals surface area (Å²) in [5.41, 5.74) is 9.96. The van der Waals surface area contributed by atoms with Crippen LogP contribution in [0.5, 0.6) is 5.75 Å². The molecule has 0 saturated heterocycles. The number of para-hydroxylation sites is 2. The van der Waals surface area contributed by atoms with E-state index >= 15 is 0 Å². The molecule has 12 aromatic rings. The maximum absolute atomic E-state index is 12.6. The third-order valence-electron chi connectivity index (χ3n) is 14.4. The number of phenols is 1. The van der Waals surface area contributed by atoms with Crippen LogP contribution in [0.4, 0.5) is 0 Å². The summed E-state index contributed by atoms with van der Waals surface area (Å²) in [6, 6.07) is 76.5. The maximum Gasteiger partial charge on any atom is 0.149 e. The van der Waals surface area contributed by atoms with Gasteiger partial charge in [0, 0.05) is 28.3 Å². The van der Waals surface area contributed by atoms with Crippen LogP contribution in [0.2, 0.25) is 0 Å². The van der Waals surface area contributed by atoms with E-state index in [1.54, 1.807) is 0 Å². The molecule has 0 spiro atoms. The van der Waals surface area contributed by atoms with Gasteiger partial charge in [0.05, 0.1) is 27.8 Å². The molecule has 4 heteroatoms. The van der Waals surface area contributed by atoms with Crippen molar-refractivity contribution in [1.29, 1.82) is 0 Å². The van der Waals surface area contributed by atoms with E-state index in [4.69, 9.17) is 9.97 Å². The summed E-state index contributed by atoms with van der Waals surface area (Å²) in [7, 11) is 0. The zero-order valence-electron chi connectivity index (χ0n) is 41.6. The van der Waals surface area contributed by atoms with E-state index in [2.05, 4.69) is 258 Å². The van der Waals surface area contributed by atoms with Crippen molar-refractivity contribution in [2.24, 2.45) is 0 Å². The normalized spacial score (nSPS) is 12.1. The van der Waals surface area contributed by atoms with Crippen molar-refractivity contribution in [3.63, 3.8) is 0 Å². The molecule has 0 amide bonds. The minimum atomic E-state index is -0.337. The lowest BCUT2D eigenvalue weighted by atomic mass is 9.79. The van der Waals surface area contributed by atoms with Crippen LogP contribution in [-0.4, -0.2) is 19.6 Å². The molecule has 0 fully saturated rings. The molecule has 0 atom stereocenters. The first-order valence-electron chi connectivity index (χ1n) is 24.9. The monoisotopic (exact) mass is 929 g/mol. The molecule has 0 aliphatic carbocycles. The fraction of sp³-hybridized carbons (Fsp3) is 0.118. The molecule has 2 heterocycles. The number of aromatic hydroxyl groups is 1. The number of phenolic OH excluding ortho intramolecular Hbond substituents is 1. The summed E-state index contributed by atoms with van der Waals surface area (Å²) in [5, 5.41) is 25.0. The Morgan fingerprint density at radius 3 is 1.47 bits per heavy atom. The fourth-order valence-corrected chi connectivity index (χ4v) is 10.5. The molecular weight excluding hydrogens is 875 g/mol. The first-order chi connectivity index (χ1) is 34.8. The molecule has 12 rings (SSSR count). The highest BCUT2D eigenvalue weighted by Crippen LogP contribution is 2.45. The first kappa shape index (κ1) is 44.6. The molecule has 2 aromatic heterocycles. The molecule has 0 aliphatic rings. The minimum absolute atomic E-state index is 0.196. The zero-order valence-corrected chi connectivity index (χ0v) is 41.6. The molecule has 0 aliphatic heterocycles. The van der Waals surface area contributed by atoms with Crippen molar-refractivity contribution < 1.29 is 5.11 Å². The van der Waals surface area contributed by atoms with Crippen LogP contribution in [0.15, 0.2) is 219 Å². The van der Waals surface area contributed by atoms with Gasteiger partial charge in [-0.25, -0.2) is 4.98 Å². The van der Waals surface area contributed by atoms with Gasteiger partial charge in [0.1, 0.15) is 11.6 Å². The summed E-state index contributed by atoms with van der Waals surface area (Å²) < 4.78 is 2.27. The lowest BCUT2D eigenvalue weighted by Crippen LogP contribution is -2.17. The van der Waals surface area contributed by atoms with E-state index < -0.39 is 0 Å². The van der Waals surface area contributed by atoms with Gasteiger partial charge in [-0.05, 0) is 154 Å². The standard InChI is InChI=1S/C68H55N3O/c1-67(2,3)56-41-59(65(72)60(42-56)68(4,5)6)66-70-64-58(28-16-30-63(64)71(66)62-29-11-10-27-57(62)43-17-8-7-9-18-43)54-37-53-38-55(39-54)61-40-52(31-32-69-61)50-25-14-23-48(35-50)46-21-12-19-44(33-46)45-20-13-22-47(34-45)49-24-15-26-51(53)36-49/h7-42,72H,1-6H3. The Kier molecular flexibility index (Phi) is 10.8. The molecular formula is C68H55N3O. The maximum atomic E-state index is 12.6. The second kappa shape index (κ2) is 17.4. The molecule has 0 saturated carbocycles. The second-order valence-electron chi connectivity index (χ2n) is 21.3. The van der Waals surface area contributed by atoms with Crippen LogP contribution in [-0.2, 0) is 10.8 Å². The van der Waals surface area contributed by atoms with Crippen LogP contribution in [0, 0.1) is 0 Å². The predicted octanol–water partition coefficient (Wildman–Crippen LogP) is 18.3. The molecule has 12 bridgehead atoms. The minimum Gasteiger partial charge on any atom is -0.507 e. The molecule has 4 nitrogen and oxygen atoms in total. The molecule has 0 radical (unpaired) electrons. The van der Waals surface area contributed by atoms with Crippen LogP contribution in [0.3, 0.4) is 0 Å². The molecule has 348 valence electrons. The van der Waals surface area contributed by atoms with Gasteiger partial charge in [-0.3, -0.25) is 9.55 Å². The van der Waals surface area contributed by atoms with Crippen molar-refractivity contribution in [1.82, 2.24) is 14.5 Å². The van der Waals surface area contributed by atoms with Gasteiger partial charge in [0.25, 0.3) is 0 Å². The summed E-state index contributed by atoms with van der Waals surface area (Å²) in [5.74, 6) is 0.924. The highest BCUT2D eigenvalue weighted by molar-refractivity contribution is 6.05. The fourth-order valence-electron chi connectivity index (χ4n) is 10.5. The summed E-state index contributed by atoms with van der Waals surface area (Å²) >= 11 is 0. The van der Waals surface area contributed by atoms with Crippen molar-refractivity contribution >= 4 is 75.8 Å². The van der Waals surface area contributed by atoms with E-state index in [-0.39, 0.29) is 16.6 Å². The predicted molar refractivity (Wildman–Crippen MR) is 306 cm³/mol. The van der Waals surface area contributed by atoms with Crippen LogP contribution in [0.25, 0.3) is 115 Å². The largest absolute Gasteiger partial charge is 0.507 e. The third-order valence-corrected chi connectivity index (χ3v) is 14.4. The van der Waals surface area contributed by atoms with Gasteiger partial charge in [-0.15, -0.1) is 0 Å². The molecule has 10 aromatic carbocycles. The summed E-state index contributed by atoms with van der Waals surface area (Å²) in [4.78, 5) is 10.8. The number of imidazole rings is 1. The van der Waals surface area contributed by atoms with Gasteiger partial charge in [-0.1, -0.05) is 181 Å². The average molecular weight is 930 g/mol. The first-order valence-corrected chi connectivity index (χ1v) is 24.9. The van der Waals surface area contributed by atoms with Crippen LogP contribution < -0.4 is 0 Å². The van der Waals surface area contributed by atoms with Crippen LogP contribution >= 0.6 is 0 Å². The topological polar surface area (TPSA) is 50.9 Å². The van der Waals surface area contributed by atoms with Crippen LogP contribution in [0.1, 0.15) is 52.7 Å². The van der Waals surface area contributed by atoms with Gasteiger partial charge >= 0.3 is 0 Å². The number of rotatable bonds is 4.